The summed E-state index contributed by atoms with van der Waals surface area (Å²) < 4.78 is 5.34. The van der Waals surface area contributed by atoms with Gasteiger partial charge in [-0.2, -0.15) is 5.26 Å². The SMILES string of the molecule is C[C@H]1CCc2c(sc(NC(=O)C[NH2+][C@H](C)c3ccco3)c2C#N)C1. The Morgan fingerprint density at radius 1 is 1.62 bits per heavy atom. The number of nitriles is 1. The highest BCUT2D eigenvalue weighted by Gasteiger charge is 2.25. The average molecular weight is 344 g/mol. The molecule has 0 fully saturated rings. The first-order chi connectivity index (χ1) is 11.6. The molecule has 2 aromatic rings. The van der Waals surface area contributed by atoms with E-state index in [1.807, 2.05) is 24.4 Å². The fourth-order valence-corrected chi connectivity index (χ4v) is 4.46. The molecule has 2 atom stereocenters. The summed E-state index contributed by atoms with van der Waals surface area (Å²) in [6.07, 6.45) is 4.69. The van der Waals surface area contributed by atoms with Crippen molar-refractivity contribution in [3.05, 3.63) is 40.2 Å². The molecule has 0 aliphatic heterocycles. The van der Waals surface area contributed by atoms with Crippen LogP contribution < -0.4 is 10.6 Å². The quantitative estimate of drug-likeness (QED) is 0.874. The zero-order valence-corrected chi connectivity index (χ0v) is 14.8. The summed E-state index contributed by atoms with van der Waals surface area (Å²) in [6.45, 7) is 4.53. The number of nitrogens with two attached hydrogens (primary N) is 1. The van der Waals surface area contributed by atoms with Crippen LogP contribution in [0.1, 0.15) is 48.1 Å². The van der Waals surface area contributed by atoms with E-state index in [1.54, 1.807) is 17.6 Å². The van der Waals surface area contributed by atoms with Gasteiger partial charge in [0.2, 0.25) is 0 Å². The Hall–Kier alpha value is -2.10. The lowest BCUT2D eigenvalue weighted by molar-refractivity contribution is -0.684. The first-order valence-corrected chi connectivity index (χ1v) is 9.11. The Labute approximate surface area is 145 Å². The smallest absolute Gasteiger partial charge is 0.280 e. The summed E-state index contributed by atoms with van der Waals surface area (Å²) in [7, 11) is 0. The number of nitrogens with one attached hydrogen (secondary N) is 1. The topological polar surface area (TPSA) is 82.6 Å². The van der Waals surface area contributed by atoms with Crippen LogP contribution >= 0.6 is 11.3 Å². The van der Waals surface area contributed by atoms with Crippen molar-refractivity contribution < 1.29 is 14.5 Å². The lowest BCUT2D eigenvalue weighted by Crippen LogP contribution is -2.86. The fraction of sp³-hybridized carbons (Fsp3) is 0.444. The zero-order chi connectivity index (χ0) is 17.1. The van der Waals surface area contributed by atoms with Crippen LogP contribution in [0.3, 0.4) is 0 Å². The van der Waals surface area contributed by atoms with E-state index in [0.717, 1.165) is 30.6 Å². The molecular weight excluding hydrogens is 322 g/mol. The zero-order valence-electron chi connectivity index (χ0n) is 14.0. The van der Waals surface area contributed by atoms with Crippen molar-refractivity contribution in [2.24, 2.45) is 5.92 Å². The second-order valence-corrected chi connectivity index (χ2v) is 7.56. The summed E-state index contributed by atoms with van der Waals surface area (Å²) in [5, 5.41) is 15.0. The van der Waals surface area contributed by atoms with E-state index in [2.05, 4.69) is 18.3 Å². The summed E-state index contributed by atoms with van der Waals surface area (Å²) in [5.74, 6) is 1.41. The van der Waals surface area contributed by atoms with Crippen LogP contribution in [-0.2, 0) is 17.6 Å². The Morgan fingerprint density at radius 2 is 2.46 bits per heavy atom. The Kier molecular flexibility index (Phi) is 5.03. The van der Waals surface area contributed by atoms with E-state index >= 15 is 0 Å². The molecule has 2 aromatic heterocycles. The molecule has 0 bridgehead atoms. The molecule has 1 aliphatic rings. The molecule has 0 unspecified atom stereocenters. The van der Waals surface area contributed by atoms with Crippen molar-refractivity contribution in [2.45, 2.75) is 39.2 Å². The van der Waals surface area contributed by atoms with Gasteiger partial charge < -0.3 is 15.1 Å². The van der Waals surface area contributed by atoms with Gasteiger partial charge in [0.25, 0.3) is 5.91 Å². The van der Waals surface area contributed by atoms with E-state index in [-0.39, 0.29) is 11.9 Å². The molecule has 0 radical (unpaired) electrons. The number of fused-ring (bicyclic) bond motifs is 1. The van der Waals surface area contributed by atoms with Crippen molar-refractivity contribution >= 4 is 22.2 Å². The summed E-state index contributed by atoms with van der Waals surface area (Å²) in [4.78, 5) is 13.5. The minimum atomic E-state index is -0.0865. The van der Waals surface area contributed by atoms with Crippen LogP contribution in [0.5, 0.6) is 0 Å². The third-order valence-corrected chi connectivity index (χ3v) is 5.69. The maximum absolute atomic E-state index is 12.3. The number of hydrogen-bond donors (Lipinski definition) is 2. The van der Waals surface area contributed by atoms with Crippen molar-refractivity contribution in [3.63, 3.8) is 0 Å². The van der Waals surface area contributed by atoms with E-state index in [0.29, 0.717) is 23.0 Å². The van der Waals surface area contributed by atoms with Gasteiger partial charge in [0, 0.05) is 4.88 Å². The Morgan fingerprint density at radius 3 is 3.17 bits per heavy atom. The molecule has 126 valence electrons. The number of anilines is 1. The molecule has 2 heterocycles. The molecule has 6 heteroatoms. The summed E-state index contributed by atoms with van der Waals surface area (Å²) in [5.41, 5.74) is 1.80. The maximum Gasteiger partial charge on any atom is 0.280 e. The highest BCUT2D eigenvalue weighted by molar-refractivity contribution is 7.16. The van der Waals surface area contributed by atoms with Crippen LogP contribution in [0.15, 0.2) is 22.8 Å². The normalized spacial score (nSPS) is 17.8. The molecule has 0 saturated heterocycles. The van der Waals surface area contributed by atoms with Crippen LogP contribution in [-0.4, -0.2) is 12.5 Å². The number of furan rings is 1. The highest BCUT2D eigenvalue weighted by Crippen LogP contribution is 2.39. The molecule has 0 spiro atoms. The van der Waals surface area contributed by atoms with Gasteiger partial charge in [0.05, 0.1) is 11.8 Å². The number of carbonyl (C=O) groups is 1. The molecule has 1 amide bonds. The predicted octanol–water partition coefficient (Wildman–Crippen LogP) is 2.60. The fourth-order valence-electron chi connectivity index (χ4n) is 3.09. The van der Waals surface area contributed by atoms with E-state index < -0.39 is 0 Å². The highest BCUT2D eigenvalue weighted by atomic mass is 32.1. The van der Waals surface area contributed by atoms with Gasteiger partial charge in [-0.1, -0.05) is 6.92 Å². The third-order valence-electron chi connectivity index (χ3n) is 4.53. The van der Waals surface area contributed by atoms with E-state index in [9.17, 15) is 10.1 Å². The monoisotopic (exact) mass is 344 g/mol. The number of carbonyl (C=O) groups excluding carboxylic acids is 1. The lowest BCUT2D eigenvalue weighted by Gasteiger charge is -2.17. The van der Waals surface area contributed by atoms with Gasteiger partial charge >= 0.3 is 0 Å². The minimum Gasteiger partial charge on any atom is -0.463 e. The number of quaternary nitrogens is 1. The van der Waals surface area contributed by atoms with Crippen molar-refractivity contribution in [1.82, 2.24) is 0 Å². The van der Waals surface area contributed by atoms with Crippen molar-refractivity contribution in [3.8, 4) is 6.07 Å². The van der Waals surface area contributed by atoms with Crippen LogP contribution in [0, 0.1) is 17.2 Å². The standard InChI is InChI=1S/C18H21N3O2S/c1-11-5-6-13-14(9-19)18(24-16(13)8-11)21-17(22)10-20-12(2)15-4-3-7-23-15/h3-4,7,11-12,20H,5-6,8,10H2,1-2H3,(H,21,22)/p+1/t11-,12+/m0/s1. The van der Waals surface area contributed by atoms with Crippen LogP contribution in [0.4, 0.5) is 5.00 Å². The van der Waals surface area contributed by atoms with Crippen molar-refractivity contribution in [2.75, 3.05) is 11.9 Å². The molecule has 3 N–H and O–H groups in total. The largest absolute Gasteiger partial charge is 0.463 e. The van der Waals surface area contributed by atoms with Gasteiger partial charge in [0.15, 0.2) is 12.3 Å². The number of amides is 1. The molecule has 0 saturated carbocycles. The molecule has 1 aliphatic carbocycles. The van der Waals surface area contributed by atoms with Gasteiger partial charge in [-0.25, -0.2) is 0 Å². The average Bonchev–Trinajstić information content (AvgIpc) is 3.19. The number of rotatable bonds is 5. The molecule has 3 rings (SSSR count). The Balaban J connectivity index is 1.63. The maximum atomic E-state index is 12.3. The third kappa shape index (κ3) is 3.53. The molecular formula is C18H22N3O2S+. The summed E-state index contributed by atoms with van der Waals surface area (Å²) in [6, 6.07) is 6.11. The van der Waals surface area contributed by atoms with Gasteiger partial charge in [-0.05, 0) is 49.8 Å². The van der Waals surface area contributed by atoms with E-state index in [4.69, 9.17) is 4.42 Å². The van der Waals surface area contributed by atoms with Gasteiger partial charge in [-0.15, -0.1) is 11.3 Å². The number of nitrogens with zero attached hydrogens (tertiary/aromatic N) is 1. The van der Waals surface area contributed by atoms with Crippen LogP contribution in [0.25, 0.3) is 0 Å². The second-order valence-electron chi connectivity index (χ2n) is 6.46. The predicted molar refractivity (Wildman–Crippen MR) is 92.8 cm³/mol. The minimum absolute atomic E-state index is 0.0820. The molecule has 24 heavy (non-hydrogen) atoms. The van der Waals surface area contributed by atoms with E-state index in [1.165, 1.54) is 4.88 Å². The number of hydrogen-bond acceptors (Lipinski definition) is 4. The molecule has 0 aromatic carbocycles. The van der Waals surface area contributed by atoms with Gasteiger partial charge in [-0.3, -0.25) is 4.79 Å². The van der Waals surface area contributed by atoms with Crippen molar-refractivity contribution in [1.29, 1.82) is 5.26 Å². The summed E-state index contributed by atoms with van der Waals surface area (Å²) >= 11 is 1.56. The van der Waals surface area contributed by atoms with Gasteiger partial charge in [0.1, 0.15) is 17.1 Å². The van der Waals surface area contributed by atoms with Crippen LogP contribution in [0.2, 0.25) is 0 Å². The lowest BCUT2D eigenvalue weighted by atomic mass is 9.89. The first kappa shape index (κ1) is 16.7. The number of thiophene rings is 1. The second kappa shape index (κ2) is 7.20. The molecule has 5 nitrogen and oxygen atoms in total. The Bertz CT molecular complexity index is 758. The first-order valence-electron chi connectivity index (χ1n) is 8.29.